The van der Waals surface area contributed by atoms with Gasteiger partial charge in [0.25, 0.3) is 0 Å². The Morgan fingerprint density at radius 3 is 2.32 bits per heavy atom. The maximum Gasteiger partial charge on any atom is 0.171 e. The van der Waals surface area contributed by atoms with Gasteiger partial charge in [-0.15, -0.1) is 6.58 Å². The normalized spacial score (nSPS) is 22.4. The molecule has 0 fully saturated rings. The molecular formula is C26H26F4O. The lowest BCUT2D eigenvalue weighted by molar-refractivity contribution is 0.159. The summed E-state index contributed by atoms with van der Waals surface area (Å²) in [6.45, 7) is 5.61. The highest BCUT2D eigenvalue weighted by molar-refractivity contribution is 5.76. The van der Waals surface area contributed by atoms with E-state index in [2.05, 4.69) is 12.7 Å². The minimum absolute atomic E-state index is 0.0819. The summed E-state index contributed by atoms with van der Waals surface area (Å²) in [5.41, 5.74) is 1.42. The van der Waals surface area contributed by atoms with E-state index in [1.54, 1.807) is 19.1 Å². The van der Waals surface area contributed by atoms with E-state index in [0.717, 1.165) is 25.7 Å². The Labute approximate surface area is 180 Å². The molecule has 0 spiro atoms. The molecule has 0 saturated heterocycles. The van der Waals surface area contributed by atoms with Crippen molar-refractivity contribution in [3.05, 3.63) is 76.9 Å². The number of benzene rings is 2. The van der Waals surface area contributed by atoms with E-state index in [-0.39, 0.29) is 35.0 Å². The standard InChI is InChI=1S/C26H26F4O/c1-3-5-6-15-7-9-16(10-8-15)17-11-12-18-19-13-14-20(31-4-2)24(28)22(19)26(30)25(29)21(18)23(17)27/h3,7,11-14,16,25-26H,1,4-6,8-10H2,2H3/t16?,25?,26-/m0/s1. The molecule has 0 heterocycles. The van der Waals surface area contributed by atoms with E-state index in [1.165, 1.54) is 17.7 Å². The molecular weight excluding hydrogens is 404 g/mol. The first-order valence-electron chi connectivity index (χ1n) is 10.8. The summed E-state index contributed by atoms with van der Waals surface area (Å²) < 4.78 is 65.6. The molecule has 164 valence electrons. The zero-order chi connectivity index (χ0) is 22.1. The molecule has 4 rings (SSSR count). The molecule has 31 heavy (non-hydrogen) atoms. The first kappa shape index (κ1) is 21.7. The Kier molecular flexibility index (Phi) is 6.22. The van der Waals surface area contributed by atoms with E-state index >= 15 is 8.78 Å². The number of ether oxygens (including phenoxy) is 1. The Bertz CT molecular complexity index is 1030. The van der Waals surface area contributed by atoms with Crippen molar-refractivity contribution >= 4 is 0 Å². The van der Waals surface area contributed by atoms with Crippen molar-refractivity contribution in [2.75, 3.05) is 6.61 Å². The van der Waals surface area contributed by atoms with Gasteiger partial charge in [-0.1, -0.05) is 35.9 Å². The third kappa shape index (κ3) is 3.79. The number of alkyl halides is 2. The Balaban J connectivity index is 1.72. The second-order valence-corrected chi connectivity index (χ2v) is 8.17. The van der Waals surface area contributed by atoms with E-state index < -0.39 is 29.5 Å². The zero-order valence-electron chi connectivity index (χ0n) is 17.6. The van der Waals surface area contributed by atoms with Gasteiger partial charge in [-0.2, -0.15) is 0 Å². The topological polar surface area (TPSA) is 9.23 Å². The second-order valence-electron chi connectivity index (χ2n) is 8.17. The van der Waals surface area contributed by atoms with Gasteiger partial charge in [-0.25, -0.2) is 17.6 Å². The fourth-order valence-electron chi connectivity index (χ4n) is 4.75. The van der Waals surface area contributed by atoms with Gasteiger partial charge in [0.1, 0.15) is 5.82 Å². The van der Waals surface area contributed by atoms with Gasteiger partial charge >= 0.3 is 0 Å². The highest BCUT2D eigenvalue weighted by Crippen LogP contribution is 2.52. The molecule has 2 aromatic rings. The lowest BCUT2D eigenvalue weighted by Crippen LogP contribution is -2.17. The minimum atomic E-state index is -2.29. The lowest BCUT2D eigenvalue weighted by atomic mass is 9.78. The van der Waals surface area contributed by atoms with E-state index in [0.29, 0.717) is 12.0 Å². The number of fused-ring (bicyclic) bond motifs is 3. The number of hydrogen-bond donors (Lipinski definition) is 0. The highest BCUT2D eigenvalue weighted by atomic mass is 19.2. The fourth-order valence-corrected chi connectivity index (χ4v) is 4.75. The molecule has 2 unspecified atom stereocenters. The van der Waals surface area contributed by atoms with Crippen LogP contribution in [0.1, 0.15) is 74.0 Å². The average Bonchev–Trinajstić information content (AvgIpc) is 2.78. The SMILES string of the molecule is C=CCCC1=CCC(c2ccc3c(c2F)C(F)[C@@H](F)c2c-3ccc(OCC)c2F)CC1. The van der Waals surface area contributed by atoms with Crippen LogP contribution in [0, 0.1) is 11.6 Å². The Morgan fingerprint density at radius 1 is 1.03 bits per heavy atom. The lowest BCUT2D eigenvalue weighted by Gasteiger charge is -2.30. The molecule has 0 saturated carbocycles. The maximum absolute atomic E-state index is 15.5. The van der Waals surface area contributed by atoms with Crippen LogP contribution in [0.25, 0.3) is 11.1 Å². The third-order valence-electron chi connectivity index (χ3n) is 6.37. The predicted molar refractivity (Wildman–Crippen MR) is 115 cm³/mol. The van der Waals surface area contributed by atoms with Crippen LogP contribution in [-0.4, -0.2) is 6.61 Å². The van der Waals surface area contributed by atoms with Crippen molar-refractivity contribution in [3.8, 4) is 16.9 Å². The van der Waals surface area contributed by atoms with Gasteiger partial charge in [0.15, 0.2) is 23.9 Å². The number of allylic oxidation sites excluding steroid dienone is 3. The Morgan fingerprint density at radius 2 is 1.71 bits per heavy atom. The molecule has 2 aliphatic carbocycles. The monoisotopic (exact) mass is 430 g/mol. The van der Waals surface area contributed by atoms with Gasteiger partial charge in [0, 0.05) is 11.1 Å². The molecule has 0 bridgehead atoms. The maximum atomic E-state index is 15.5. The second kappa shape index (κ2) is 8.89. The Hall–Kier alpha value is -2.56. The van der Waals surface area contributed by atoms with Gasteiger partial charge in [-0.05, 0) is 67.7 Å². The number of halogens is 4. The van der Waals surface area contributed by atoms with Crippen LogP contribution in [0.2, 0.25) is 0 Å². The van der Waals surface area contributed by atoms with Crippen LogP contribution in [-0.2, 0) is 0 Å². The molecule has 1 nitrogen and oxygen atoms in total. The third-order valence-corrected chi connectivity index (χ3v) is 6.37. The highest BCUT2D eigenvalue weighted by Gasteiger charge is 2.40. The van der Waals surface area contributed by atoms with Crippen molar-refractivity contribution in [2.24, 2.45) is 0 Å². The van der Waals surface area contributed by atoms with Crippen LogP contribution in [0.15, 0.2) is 48.6 Å². The summed E-state index contributed by atoms with van der Waals surface area (Å²) in [5.74, 6) is -1.84. The van der Waals surface area contributed by atoms with Crippen LogP contribution in [0.5, 0.6) is 5.75 Å². The summed E-state index contributed by atoms with van der Waals surface area (Å²) >= 11 is 0. The quantitative estimate of drug-likeness (QED) is 0.331. The number of hydrogen-bond acceptors (Lipinski definition) is 1. The number of rotatable bonds is 6. The first-order chi connectivity index (χ1) is 15.0. The van der Waals surface area contributed by atoms with Crippen molar-refractivity contribution in [1.82, 2.24) is 0 Å². The van der Waals surface area contributed by atoms with Crippen molar-refractivity contribution in [2.45, 2.75) is 57.3 Å². The molecule has 3 atom stereocenters. The molecule has 0 radical (unpaired) electrons. The molecule has 2 aliphatic rings. The molecule has 0 amide bonds. The van der Waals surface area contributed by atoms with Crippen molar-refractivity contribution < 1.29 is 22.3 Å². The van der Waals surface area contributed by atoms with E-state index in [4.69, 9.17) is 4.74 Å². The first-order valence-corrected chi connectivity index (χ1v) is 10.8. The molecule has 0 N–H and O–H groups in total. The van der Waals surface area contributed by atoms with Gasteiger partial charge < -0.3 is 4.74 Å². The van der Waals surface area contributed by atoms with Crippen LogP contribution in [0.4, 0.5) is 17.6 Å². The molecule has 2 aromatic carbocycles. The van der Waals surface area contributed by atoms with Gasteiger partial charge in [0.05, 0.1) is 6.61 Å². The average molecular weight is 430 g/mol. The summed E-state index contributed by atoms with van der Waals surface area (Å²) in [7, 11) is 0. The van der Waals surface area contributed by atoms with E-state index in [9.17, 15) is 8.78 Å². The van der Waals surface area contributed by atoms with Gasteiger partial charge in [-0.3, -0.25) is 0 Å². The van der Waals surface area contributed by atoms with Gasteiger partial charge in [0.2, 0.25) is 0 Å². The fraction of sp³-hybridized carbons (Fsp3) is 0.385. The largest absolute Gasteiger partial charge is 0.491 e. The van der Waals surface area contributed by atoms with E-state index in [1.807, 2.05) is 6.08 Å². The summed E-state index contributed by atoms with van der Waals surface area (Å²) in [6, 6.07) is 6.11. The molecule has 0 aliphatic heterocycles. The smallest absolute Gasteiger partial charge is 0.171 e. The van der Waals surface area contributed by atoms with Crippen LogP contribution in [0.3, 0.4) is 0 Å². The van der Waals surface area contributed by atoms with Crippen LogP contribution < -0.4 is 4.74 Å². The van der Waals surface area contributed by atoms with Crippen molar-refractivity contribution in [1.29, 1.82) is 0 Å². The molecule has 0 aromatic heterocycles. The summed E-state index contributed by atoms with van der Waals surface area (Å²) in [4.78, 5) is 0. The zero-order valence-corrected chi connectivity index (χ0v) is 17.6. The summed E-state index contributed by atoms with van der Waals surface area (Å²) in [5, 5.41) is 0. The van der Waals surface area contributed by atoms with Crippen LogP contribution >= 0.6 is 0 Å². The van der Waals surface area contributed by atoms with Crippen molar-refractivity contribution in [3.63, 3.8) is 0 Å². The molecule has 5 heteroatoms. The predicted octanol–water partition coefficient (Wildman–Crippen LogP) is 8.23. The minimum Gasteiger partial charge on any atom is -0.491 e. The summed E-state index contributed by atoms with van der Waals surface area (Å²) in [6.07, 6.45) is 3.59.